The number of amides is 2. The third-order valence-electron chi connectivity index (χ3n) is 4.97. The second-order valence-electron chi connectivity index (χ2n) is 7.77. The first-order chi connectivity index (χ1) is 15.2. The molecule has 0 saturated carbocycles. The molecule has 3 aromatic carbocycles. The van der Waals surface area contributed by atoms with E-state index in [2.05, 4.69) is 27.9 Å². The maximum absolute atomic E-state index is 12.9. The largest absolute Gasteiger partial charge is 0.508 e. The highest BCUT2D eigenvalue weighted by atomic mass is 127. The fraction of sp³-hybridized carbons (Fsp3) is 0.167. The summed E-state index contributed by atoms with van der Waals surface area (Å²) in [5.41, 5.74) is 1.60. The molecule has 0 aromatic heterocycles. The molecule has 0 heterocycles. The number of anilines is 1. The number of halogens is 1. The van der Waals surface area contributed by atoms with E-state index < -0.39 is 23.5 Å². The van der Waals surface area contributed by atoms with Crippen LogP contribution in [0.2, 0.25) is 0 Å². The van der Waals surface area contributed by atoms with Crippen molar-refractivity contribution in [2.24, 2.45) is 5.41 Å². The minimum Gasteiger partial charge on any atom is -0.508 e. The normalized spacial score (nSPS) is 12.5. The first-order valence-corrected chi connectivity index (χ1v) is 10.9. The van der Waals surface area contributed by atoms with Crippen molar-refractivity contribution < 1.29 is 24.6 Å². The van der Waals surface area contributed by atoms with Crippen molar-refractivity contribution in [1.29, 1.82) is 0 Å². The Balaban J connectivity index is 1.94. The zero-order valence-electron chi connectivity index (χ0n) is 17.5. The third kappa shape index (κ3) is 5.57. The number of hydrogen-bond acceptors (Lipinski definition) is 5. The summed E-state index contributed by atoms with van der Waals surface area (Å²) in [5, 5.41) is 23.9. The van der Waals surface area contributed by atoms with E-state index in [4.69, 9.17) is 9.94 Å². The maximum atomic E-state index is 12.9. The monoisotopic (exact) mass is 546 g/mol. The lowest BCUT2D eigenvalue weighted by molar-refractivity contribution is -0.124. The summed E-state index contributed by atoms with van der Waals surface area (Å²) in [7, 11) is 0. The van der Waals surface area contributed by atoms with E-state index in [0.717, 1.165) is 20.4 Å². The highest BCUT2D eigenvalue weighted by Gasteiger charge is 2.34. The fourth-order valence-corrected chi connectivity index (χ4v) is 3.86. The zero-order valence-corrected chi connectivity index (χ0v) is 19.7. The molecule has 0 aliphatic heterocycles. The fourth-order valence-electron chi connectivity index (χ4n) is 3.35. The summed E-state index contributed by atoms with van der Waals surface area (Å²) in [6, 6.07) is 18.2. The standard InChI is InChI=1S/C24H23IN2O5/c1-24(2,13-12-21(29)27-31)22(18-14-16(25)10-11-20(18)28)32-23(30)26-19-9-5-7-15-6-3-4-8-17(15)19/h3-14,22,28,31H,1-2H3,(H,26,30)(H,27,29)/b13-12+/t22-/m1/s1. The van der Waals surface area contributed by atoms with Crippen LogP contribution < -0.4 is 10.8 Å². The van der Waals surface area contributed by atoms with Gasteiger partial charge >= 0.3 is 6.09 Å². The van der Waals surface area contributed by atoms with Gasteiger partial charge in [-0.3, -0.25) is 15.3 Å². The Morgan fingerprint density at radius 2 is 1.81 bits per heavy atom. The number of benzene rings is 3. The van der Waals surface area contributed by atoms with Gasteiger partial charge in [-0.25, -0.2) is 10.3 Å². The van der Waals surface area contributed by atoms with Crippen LogP contribution >= 0.6 is 22.6 Å². The van der Waals surface area contributed by atoms with Crippen molar-refractivity contribution in [1.82, 2.24) is 5.48 Å². The lowest BCUT2D eigenvalue weighted by atomic mass is 9.81. The minimum absolute atomic E-state index is 0.0403. The second-order valence-corrected chi connectivity index (χ2v) is 9.02. The molecule has 1 atom stereocenters. The van der Waals surface area contributed by atoms with Crippen LogP contribution in [-0.2, 0) is 9.53 Å². The Labute approximate surface area is 199 Å². The number of carbonyl (C=O) groups excluding carboxylic acids is 2. The minimum atomic E-state index is -0.935. The van der Waals surface area contributed by atoms with Crippen LogP contribution in [0.15, 0.2) is 72.8 Å². The van der Waals surface area contributed by atoms with Crippen LogP contribution in [0.4, 0.5) is 10.5 Å². The van der Waals surface area contributed by atoms with Gasteiger partial charge in [0.25, 0.3) is 5.91 Å². The summed E-state index contributed by atoms with van der Waals surface area (Å²) in [6.45, 7) is 3.51. The average Bonchev–Trinajstić information content (AvgIpc) is 2.78. The van der Waals surface area contributed by atoms with E-state index in [0.29, 0.717) is 11.3 Å². The molecule has 0 aliphatic rings. The van der Waals surface area contributed by atoms with Crippen molar-refractivity contribution in [3.05, 3.63) is 81.9 Å². The SMILES string of the molecule is CC(C)(/C=C/C(=O)NO)[C@H](OC(=O)Nc1cccc2ccccc12)c1cc(I)ccc1O. The number of aromatic hydroxyl groups is 1. The van der Waals surface area contributed by atoms with Gasteiger partial charge < -0.3 is 9.84 Å². The molecule has 0 saturated heterocycles. The van der Waals surface area contributed by atoms with Gasteiger partial charge in [-0.15, -0.1) is 0 Å². The molecule has 7 nitrogen and oxygen atoms in total. The number of phenols is 1. The van der Waals surface area contributed by atoms with Gasteiger partial charge in [-0.2, -0.15) is 0 Å². The number of hydroxylamine groups is 1. The second kappa shape index (κ2) is 10.0. The van der Waals surface area contributed by atoms with Crippen molar-refractivity contribution in [2.75, 3.05) is 5.32 Å². The lowest BCUT2D eigenvalue weighted by Crippen LogP contribution is -2.28. The third-order valence-corrected chi connectivity index (χ3v) is 5.64. The van der Waals surface area contributed by atoms with Crippen LogP contribution in [0, 0.1) is 8.99 Å². The van der Waals surface area contributed by atoms with E-state index in [9.17, 15) is 14.7 Å². The molecular formula is C24H23IN2O5. The molecule has 0 spiro atoms. The lowest BCUT2D eigenvalue weighted by Gasteiger charge is -2.32. The van der Waals surface area contributed by atoms with E-state index in [-0.39, 0.29) is 5.75 Å². The number of phenolic OH excluding ortho intramolecular Hbond substituents is 1. The number of hydrogen-bond donors (Lipinski definition) is 4. The Hall–Kier alpha value is -3.11. The highest BCUT2D eigenvalue weighted by Crippen LogP contribution is 2.42. The highest BCUT2D eigenvalue weighted by molar-refractivity contribution is 14.1. The predicted molar refractivity (Wildman–Crippen MR) is 130 cm³/mol. The molecule has 4 N–H and O–H groups in total. The number of carbonyl (C=O) groups is 2. The topological polar surface area (TPSA) is 108 Å². The Bertz CT molecular complexity index is 1170. The Kier molecular flexibility index (Phi) is 7.37. The van der Waals surface area contributed by atoms with Crippen molar-refractivity contribution in [3.8, 4) is 5.75 Å². The first kappa shape index (κ1) is 23.6. The number of fused-ring (bicyclic) bond motifs is 1. The molecule has 0 aliphatic carbocycles. The van der Waals surface area contributed by atoms with Crippen LogP contribution in [0.25, 0.3) is 10.8 Å². The summed E-state index contributed by atoms with van der Waals surface area (Å²) >= 11 is 2.10. The number of ether oxygens (including phenoxy) is 1. The molecule has 0 bridgehead atoms. The number of rotatable bonds is 6. The summed E-state index contributed by atoms with van der Waals surface area (Å²) in [5.74, 6) is -0.759. The molecule has 3 aromatic rings. The number of nitrogens with one attached hydrogen (secondary N) is 2. The van der Waals surface area contributed by atoms with Gasteiger partial charge in [-0.1, -0.05) is 56.3 Å². The van der Waals surface area contributed by atoms with E-state index >= 15 is 0 Å². The van der Waals surface area contributed by atoms with E-state index in [1.54, 1.807) is 32.0 Å². The van der Waals surface area contributed by atoms with Gasteiger partial charge in [0.1, 0.15) is 11.9 Å². The summed E-state index contributed by atoms with van der Waals surface area (Å²) in [6.07, 6.45) is 1.00. The van der Waals surface area contributed by atoms with Crippen LogP contribution in [0.3, 0.4) is 0 Å². The van der Waals surface area contributed by atoms with E-state index in [1.807, 2.05) is 36.4 Å². The molecule has 0 fully saturated rings. The van der Waals surface area contributed by atoms with E-state index in [1.165, 1.54) is 17.6 Å². The molecule has 2 amide bonds. The molecule has 8 heteroatoms. The van der Waals surface area contributed by atoms with Gasteiger partial charge in [0, 0.05) is 26.0 Å². The van der Waals surface area contributed by atoms with Crippen molar-refractivity contribution in [3.63, 3.8) is 0 Å². The van der Waals surface area contributed by atoms with Crippen molar-refractivity contribution in [2.45, 2.75) is 20.0 Å². The zero-order chi connectivity index (χ0) is 23.3. The molecule has 32 heavy (non-hydrogen) atoms. The van der Waals surface area contributed by atoms with Gasteiger partial charge in [0.05, 0.1) is 5.69 Å². The average molecular weight is 546 g/mol. The molecule has 3 rings (SSSR count). The van der Waals surface area contributed by atoms with Crippen LogP contribution in [0.1, 0.15) is 25.5 Å². The molecule has 166 valence electrons. The van der Waals surface area contributed by atoms with Crippen molar-refractivity contribution >= 4 is 51.1 Å². The predicted octanol–water partition coefficient (Wildman–Crippen LogP) is 5.53. The summed E-state index contributed by atoms with van der Waals surface area (Å²) < 4.78 is 6.64. The maximum Gasteiger partial charge on any atom is 0.412 e. The smallest absolute Gasteiger partial charge is 0.412 e. The van der Waals surface area contributed by atoms with Gasteiger partial charge in [0.2, 0.25) is 0 Å². The first-order valence-electron chi connectivity index (χ1n) is 9.78. The quantitative estimate of drug-likeness (QED) is 0.141. The Morgan fingerprint density at radius 1 is 1.09 bits per heavy atom. The van der Waals surface area contributed by atoms with Gasteiger partial charge in [0.15, 0.2) is 0 Å². The van der Waals surface area contributed by atoms with Crippen LogP contribution in [-0.4, -0.2) is 22.3 Å². The molecular weight excluding hydrogens is 523 g/mol. The Morgan fingerprint density at radius 3 is 2.56 bits per heavy atom. The molecule has 0 radical (unpaired) electrons. The summed E-state index contributed by atoms with van der Waals surface area (Å²) in [4.78, 5) is 24.4. The molecule has 0 unspecified atom stereocenters. The van der Waals surface area contributed by atoms with Crippen LogP contribution in [0.5, 0.6) is 5.75 Å². The van der Waals surface area contributed by atoms with Gasteiger partial charge in [-0.05, 0) is 52.2 Å².